The molecule has 1 fully saturated rings. The summed E-state index contributed by atoms with van der Waals surface area (Å²) in [7, 11) is 0. The third kappa shape index (κ3) is 4.06. The Bertz CT molecular complexity index is 1510. The number of rotatable bonds is 5. The van der Waals surface area contributed by atoms with Gasteiger partial charge < -0.3 is 16.0 Å². The van der Waals surface area contributed by atoms with Crippen molar-refractivity contribution in [3.8, 4) is 11.3 Å². The highest BCUT2D eigenvalue weighted by Gasteiger charge is 2.33. The number of fused-ring (bicyclic) bond motifs is 1. The third-order valence-electron chi connectivity index (χ3n) is 6.32. The normalized spacial score (nSPS) is 15.3. The first-order chi connectivity index (χ1) is 17.4. The van der Waals surface area contributed by atoms with Crippen LogP contribution in [0.15, 0.2) is 61.7 Å². The molecule has 182 valence electrons. The third-order valence-corrected chi connectivity index (χ3v) is 6.32. The van der Waals surface area contributed by atoms with Crippen LogP contribution < -0.4 is 11.1 Å². The molecule has 1 saturated heterocycles. The lowest BCUT2D eigenvalue weighted by molar-refractivity contribution is -0.127. The van der Waals surface area contributed by atoms with Gasteiger partial charge in [0.2, 0.25) is 5.91 Å². The second-order valence-electron chi connectivity index (χ2n) is 8.62. The van der Waals surface area contributed by atoms with Crippen molar-refractivity contribution in [2.45, 2.75) is 25.8 Å². The van der Waals surface area contributed by atoms with Gasteiger partial charge in [0, 0.05) is 42.6 Å². The molecular formula is C26H24FN7O2. The fourth-order valence-corrected chi connectivity index (χ4v) is 4.51. The Kier molecular flexibility index (Phi) is 5.93. The van der Waals surface area contributed by atoms with E-state index in [1.54, 1.807) is 48.6 Å². The summed E-state index contributed by atoms with van der Waals surface area (Å²) in [6.07, 6.45) is 9.22. The molecule has 9 nitrogen and oxygen atoms in total. The van der Waals surface area contributed by atoms with Crippen LogP contribution in [-0.4, -0.2) is 42.6 Å². The molecule has 1 aromatic carbocycles. The number of aromatic nitrogens is 4. The molecule has 0 spiro atoms. The minimum atomic E-state index is -0.444. The minimum absolute atomic E-state index is 0.161. The van der Waals surface area contributed by atoms with E-state index in [2.05, 4.69) is 21.9 Å². The zero-order valence-corrected chi connectivity index (χ0v) is 19.6. The van der Waals surface area contributed by atoms with Gasteiger partial charge in [-0.05, 0) is 49.6 Å². The average Bonchev–Trinajstić information content (AvgIpc) is 3.51. The summed E-state index contributed by atoms with van der Waals surface area (Å²) in [5, 5.41) is 2.69. The number of likely N-dealkylation sites (tertiary alicyclic amines) is 1. The van der Waals surface area contributed by atoms with Gasteiger partial charge in [0.15, 0.2) is 0 Å². The van der Waals surface area contributed by atoms with Crippen LogP contribution >= 0.6 is 0 Å². The van der Waals surface area contributed by atoms with E-state index in [0.717, 1.165) is 12.8 Å². The summed E-state index contributed by atoms with van der Waals surface area (Å²) < 4.78 is 15.7. The number of nitrogens with one attached hydrogen (secondary N) is 1. The maximum Gasteiger partial charge on any atom is 0.257 e. The van der Waals surface area contributed by atoms with Crippen molar-refractivity contribution in [2.75, 3.05) is 17.6 Å². The molecular weight excluding hydrogens is 461 g/mol. The topological polar surface area (TPSA) is 119 Å². The number of nitrogen functional groups attached to an aromatic ring is 1. The van der Waals surface area contributed by atoms with Crippen molar-refractivity contribution in [3.05, 3.63) is 84.5 Å². The van der Waals surface area contributed by atoms with Crippen LogP contribution in [0, 0.1) is 12.7 Å². The number of pyridine rings is 1. The number of anilines is 2. The SMILES string of the molecule is C=CC(=O)N1CCC[C@H]1c1nc(-c2cncc(C(=O)Nc3ccc(C)c(F)c3)c2)c2c(N)nccn12. The largest absolute Gasteiger partial charge is 0.382 e. The van der Waals surface area contributed by atoms with Crippen molar-refractivity contribution >= 4 is 28.8 Å². The molecule has 10 heteroatoms. The highest BCUT2D eigenvalue weighted by atomic mass is 19.1. The van der Waals surface area contributed by atoms with Gasteiger partial charge in [0.1, 0.15) is 28.7 Å². The smallest absolute Gasteiger partial charge is 0.257 e. The van der Waals surface area contributed by atoms with Crippen LogP contribution in [-0.2, 0) is 4.79 Å². The van der Waals surface area contributed by atoms with Crippen molar-refractivity contribution in [2.24, 2.45) is 0 Å². The van der Waals surface area contributed by atoms with E-state index in [0.29, 0.717) is 40.4 Å². The molecule has 5 rings (SSSR count). The highest BCUT2D eigenvalue weighted by Crippen LogP contribution is 2.36. The zero-order valence-electron chi connectivity index (χ0n) is 19.6. The van der Waals surface area contributed by atoms with E-state index in [-0.39, 0.29) is 23.3 Å². The first-order valence-electron chi connectivity index (χ1n) is 11.5. The number of carbonyl (C=O) groups excluding carboxylic acids is 2. The second-order valence-corrected chi connectivity index (χ2v) is 8.62. The lowest BCUT2D eigenvalue weighted by atomic mass is 10.1. The number of carbonyl (C=O) groups is 2. The molecule has 3 N–H and O–H groups in total. The van der Waals surface area contributed by atoms with Gasteiger partial charge in [0.05, 0.1) is 11.6 Å². The maximum atomic E-state index is 13.9. The molecule has 2 amide bonds. The van der Waals surface area contributed by atoms with Crippen molar-refractivity contribution in [1.82, 2.24) is 24.3 Å². The molecule has 0 saturated carbocycles. The molecule has 3 aromatic heterocycles. The summed E-state index contributed by atoms with van der Waals surface area (Å²) >= 11 is 0. The van der Waals surface area contributed by atoms with Gasteiger partial charge in [-0.2, -0.15) is 0 Å². The molecule has 4 heterocycles. The van der Waals surface area contributed by atoms with Crippen LogP contribution in [0.2, 0.25) is 0 Å². The monoisotopic (exact) mass is 485 g/mol. The summed E-state index contributed by atoms with van der Waals surface area (Å²) in [4.78, 5) is 40.4. The van der Waals surface area contributed by atoms with E-state index in [1.807, 2.05) is 4.40 Å². The number of nitrogens with zero attached hydrogens (tertiary/aromatic N) is 5. The van der Waals surface area contributed by atoms with Gasteiger partial charge in [-0.3, -0.25) is 19.0 Å². The number of hydrogen-bond acceptors (Lipinski definition) is 6. The van der Waals surface area contributed by atoms with Gasteiger partial charge in [-0.25, -0.2) is 14.4 Å². The molecule has 1 atom stereocenters. The number of amides is 2. The first-order valence-corrected chi connectivity index (χ1v) is 11.5. The van der Waals surface area contributed by atoms with E-state index < -0.39 is 11.7 Å². The molecule has 1 aliphatic heterocycles. The first kappa shape index (κ1) is 23.2. The Morgan fingerprint density at radius 1 is 1.28 bits per heavy atom. The Labute approximate surface area is 206 Å². The van der Waals surface area contributed by atoms with Crippen LogP contribution in [0.1, 0.15) is 40.6 Å². The molecule has 36 heavy (non-hydrogen) atoms. The summed E-state index contributed by atoms with van der Waals surface area (Å²) in [5.41, 5.74) is 8.96. The number of nitrogens with two attached hydrogens (primary N) is 1. The molecule has 0 aliphatic carbocycles. The standard InChI is InChI=1S/C26H24FN7O2/c1-3-21(35)33-9-4-5-20(33)25-32-22(23-24(28)30-8-10-34(23)25)16-11-17(14-29-13-16)26(36)31-18-7-6-15(2)19(27)12-18/h3,6-8,10-14,20H,1,4-5,9H2,2H3,(H2,28,30)(H,31,36)/t20-/m0/s1. The van der Waals surface area contributed by atoms with Crippen molar-refractivity contribution in [1.29, 1.82) is 0 Å². The number of imidazole rings is 1. The molecule has 4 aromatic rings. The number of benzene rings is 1. The van der Waals surface area contributed by atoms with Crippen LogP contribution in [0.5, 0.6) is 0 Å². The fraction of sp³-hybridized carbons (Fsp3) is 0.192. The Balaban J connectivity index is 1.55. The molecule has 0 radical (unpaired) electrons. The van der Waals surface area contributed by atoms with Crippen LogP contribution in [0.4, 0.5) is 15.9 Å². The lowest BCUT2D eigenvalue weighted by Crippen LogP contribution is -2.29. The van der Waals surface area contributed by atoms with Crippen LogP contribution in [0.3, 0.4) is 0 Å². The van der Waals surface area contributed by atoms with E-state index in [4.69, 9.17) is 10.7 Å². The molecule has 0 unspecified atom stereocenters. The molecule has 0 bridgehead atoms. The Morgan fingerprint density at radius 3 is 2.89 bits per heavy atom. The Hall–Kier alpha value is -4.60. The average molecular weight is 486 g/mol. The van der Waals surface area contributed by atoms with Gasteiger partial charge >= 0.3 is 0 Å². The van der Waals surface area contributed by atoms with Gasteiger partial charge in [-0.1, -0.05) is 12.6 Å². The number of aryl methyl sites for hydroxylation is 1. The number of halogens is 1. The Morgan fingerprint density at radius 2 is 2.11 bits per heavy atom. The van der Waals surface area contributed by atoms with Gasteiger partial charge in [0.25, 0.3) is 5.91 Å². The highest BCUT2D eigenvalue weighted by molar-refractivity contribution is 6.05. The fourth-order valence-electron chi connectivity index (χ4n) is 4.51. The van der Waals surface area contributed by atoms with Crippen LogP contribution in [0.25, 0.3) is 16.8 Å². The predicted octanol–water partition coefficient (Wildman–Crippen LogP) is 3.92. The van der Waals surface area contributed by atoms with E-state index in [1.165, 1.54) is 18.3 Å². The lowest BCUT2D eigenvalue weighted by Gasteiger charge is -2.22. The van der Waals surface area contributed by atoms with Crippen molar-refractivity contribution in [3.63, 3.8) is 0 Å². The van der Waals surface area contributed by atoms with E-state index >= 15 is 0 Å². The summed E-state index contributed by atoms with van der Waals surface area (Å²) in [6.45, 7) is 5.87. The zero-order chi connectivity index (χ0) is 25.4. The van der Waals surface area contributed by atoms with Crippen molar-refractivity contribution < 1.29 is 14.0 Å². The minimum Gasteiger partial charge on any atom is -0.382 e. The maximum absolute atomic E-state index is 13.9. The second kappa shape index (κ2) is 9.21. The summed E-state index contributed by atoms with van der Waals surface area (Å²) in [6, 6.07) is 5.89. The quantitative estimate of drug-likeness (QED) is 0.414. The molecule has 1 aliphatic rings. The van der Waals surface area contributed by atoms with E-state index in [9.17, 15) is 14.0 Å². The van der Waals surface area contributed by atoms with Gasteiger partial charge in [-0.15, -0.1) is 0 Å². The predicted molar refractivity (Wildman–Crippen MR) is 134 cm³/mol. The number of hydrogen-bond donors (Lipinski definition) is 2. The summed E-state index contributed by atoms with van der Waals surface area (Å²) in [5.74, 6) is -0.107.